The lowest BCUT2D eigenvalue weighted by Gasteiger charge is -2.41. The molecule has 6 nitrogen and oxygen atoms in total. The first kappa shape index (κ1) is 28.5. The fourth-order valence-electron chi connectivity index (χ4n) is 3.74. The molecule has 0 aliphatic carbocycles. The largest absolute Gasteiger partial charge is 0.490 e. The smallest absolute Gasteiger partial charge is 0.224 e. The summed E-state index contributed by atoms with van der Waals surface area (Å²) in [6.45, 7) is 22.7. The summed E-state index contributed by atoms with van der Waals surface area (Å²) in [5.74, 6) is 0.374. The number of carbonyl (C=O) groups excluding carboxylic acids is 2. The van der Waals surface area contributed by atoms with Crippen molar-refractivity contribution in [3.8, 4) is 5.75 Å². The third-order valence-corrected chi connectivity index (χ3v) is 8.41. The first-order valence-electron chi connectivity index (χ1n) is 11.7. The average molecular weight is 481 g/mol. The zero-order valence-corrected chi connectivity index (χ0v) is 23.8. The molecule has 1 rings (SSSR count). The van der Waals surface area contributed by atoms with E-state index in [1.54, 1.807) is 18.2 Å². The lowest BCUT2D eigenvalue weighted by Crippen LogP contribution is -2.55. The van der Waals surface area contributed by atoms with E-state index < -0.39 is 16.6 Å². The Morgan fingerprint density at radius 1 is 1.09 bits per heavy atom. The van der Waals surface area contributed by atoms with Gasteiger partial charge in [-0.2, -0.15) is 0 Å². The van der Waals surface area contributed by atoms with E-state index >= 15 is 0 Å². The Morgan fingerprint density at radius 2 is 1.72 bits per heavy atom. The molecule has 0 radical (unpaired) electrons. The zero-order chi connectivity index (χ0) is 24.7. The van der Waals surface area contributed by atoms with Crippen molar-refractivity contribution in [2.45, 2.75) is 92.0 Å². The molecule has 1 atom stereocenters. The monoisotopic (exact) mass is 480 g/mol. The fourth-order valence-corrected chi connectivity index (χ4v) is 7.19. The molecule has 0 saturated heterocycles. The number of ketones is 1. The summed E-state index contributed by atoms with van der Waals surface area (Å²) in [4.78, 5) is 24.2. The highest BCUT2D eigenvalue weighted by molar-refractivity contribution is 6.73. The van der Waals surface area contributed by atoms with Gasteiger partial charge in [0.15, 0.2) is 14.1 Å². The minimum atomic E-state index is -1.80. The van der Waals surface area contributed by atoms with E-state index in [1.807, 2.05) is 6.92 Å². The summed E-state index contributed by atoms with van der Waals surface area (Å²) < 4.78 is 15.2. The van der Waals surface area contributed by atoms with E-state index in [1.165, 1.54) is 6.92 Å². The van der Waals surface area contributed by atoms with Crippen molar-refractivity contribution in [1.82, 2.24) is 4.57 Å². The van der Waals surface area contributed by atoms with Crippen LogP contribution in [0.25, 0.3) is 0 Å². The normalized spacial score (nSPS) is 13.4. The van der Waals surface area contributed by atoms with E-state index in [9.17, 15) is 9.59 Å². The predicted molar refractivity (Wildman–Crippen MR) is 139 cm³/mol. The summed E-state index contributed by atoms with van der Waals surface area (Å²) >= 11 is 0. The Bertz CT molecular complexity index is 770. The molecule has 1 aromatic carbocycles. The second kappa shape index (κ2) is 12.1. The number of benzene rings is 1. The molecule has 0 aromatic heterocycles. The van der Waals surface area contributed by atoms with Gasteiger partial charge in [0.05, 0.1) is 11.7 Å². The molecule has 0 bridgehead atoms. The van der Waals surface area contributed by atoms with Crippen LogP contribution in [-0.4, -0.2) is 58.1 Å². The lowest BCUT2D eigenvalue weighted by molar-refractivity contribution is -0.116. The van der Waals surface area contributed by atoms with Gasteiger partial charge in [-0.25, -0.2) is 0 Å². The van der Waals surface area contributed by atoms with E-state index in [0.29, 0.717) is 36.1 Å². The molecule has 1 aromatic rings. The Kier molecular flexibility index (Phi) is 10.8. The van der Waals surface area contributed by atoms with Crippen molar-refractivity contribution in [2.75, 3.05) is 18.5 Å². The summed E-state index contributed by atoms with van der Waals surface area (Å²) in [5, 5.41) is 2.85. The van der Waals surface area contributed by atoms with E-state index in [-0.39, 0.29) is 17.8 Å². The molecule has 0 aliphatic rings. The molecule has 8 heteroatoms. The molecule has 0 spiro atoms. The second-order valence-corrected chi connectivity index (χ2v) is 20.0. The van der Waals surface area contributed by atoms with Crippen molar-refractivity contribution in [2.24, 2.45) is 0 Å². The number of Topliss-reactive ketones (excluding diaryl/α,β-unsaturated/α-hetero) is 1. The van der Waals surface area contributed by atoms with Gasteiger partial charge in [-0.3, -0.25) is 9.59 Å². The second-order valence-electron chi connectivity index (χ2n) is 10.6. The maximum atomic E-state index is 12.3. The minimum absolute atomic E-state index is 0.0561. The summed E-state index contributed by atoms with van der Waals surface area (Å²) in [6, 6.07) is 5.67. The van der Waals surface area contributed by atoms with Crippen LogP contribution in [0.1, 0.15) is 50.9 Å². The summed E-state index contributed by atoms with van der Waals surface area (Å²) in [5.41, 5.74) is 1.08. The standard InChI is InChI=1S/C24H44N2O4Si2/c1-11-12-24(28)25-20-13-14-23(22(15-20)19(4)27)29-17-21(30-32(8,9)10)16-26(18(2)3)31(5,6)7/h13-15,18,21H,11-12,16-17H2,1-10H3,(H,25,28). The van der Waals surface area contributed by atoms with Gasteiger partial charge < -0.3 is 19.0 Å². The number of hydrogen-bond acceptors (Lipinski definition) is 5. The van der Waals surface area contributed by atoms with Crippen LogP contribution < -0.4 is 10.1 Å². The third kappa shape index (κ3) is 9.98. The van der Waals surface area contributed by atoms with Crippen LogP contribution >= 0.6 is 0 Å². The molecular formula is C24H44N2O4Si2. The van der Waals surface area contributed by atoms with Crippen molar-refractivity contribution < 1.29 is 18.8 Å². The lowest BCUT2D eigenvalue weighted by atomic mass is 10.1. The van der Waals surface area contributed by atoms with Crippen LogP contribution in [0.5, 0.6) is 5.75 Å². The Labute approximate surface area is 197 Å². The van der Waals surface area contributed by atoms with Gasteiger partial charge in [0, 0.05) is 18.7 Å². The highest BCUT2D eigenvalue weighted by Gasteiger charge is 2.31. The molecule has 182 valence electrons. The number of ether oxygens (including phenoxy) is 1. The number of carbonyl (C=O) groups is 2. The van der Waals surface area contributed by atoms with Gasteiger partial charge in [0.25, 0.3) is 0 Å². The van der Waals surface area contributed by atoms with Crippen LogP contribution in [0.2, 0.25) is 39.3 Å². The summed E-state index contributed by atoms with van der Waals surface area (Å²) in [7, 11) is -3.33. The molecule has 0 heterocycles. The zero-order valence-electron chi connectivity index (χ0n) is 21.8. The maximum Gasteiger partial charge on any atom is 0.224 e. The molecule has 32 heavy (non-hydrogen) atoms. The first-order chi connectivity index (χ1) is 14.6. The predicted octanol–water partition coefficient (Wildman–Crippen LogP) is 5.77. The Hall–Kier alpha value is -1.49. The molecular weight excluding hydrogens is 436 g/mol. The van der Waals surface area contributed by atoms with Crippen LogP contribution in [0, 0.1) is 0 Å². The molecule has 0 fully saturated rings. The number of hydrogen-bond donors (Lipinski definition) is 1. The summed E-state index contributed by atoms with van der Waals surface area (Å²) in [6.07, 6.45) is 1.14. The van der Waals surface area contributed by atoms with Gasteiger partial charge in [0.2, 0.25) is 5.91 Å². The Balaban J connectivity index is 3.07. The minimum Gasteiger partial charge on any atom is -0.490 e. The van der Waals surface area contributed by atoms with Gasteiger partial charge in [-0.15, -0.1) is 0 Å². The van der Waals surface area contributed by atoms with Crippen molar-refractivity contribution >= 4 is 33.9 Å². The number of rotatable bonds is 13. The van der Waals surface area contributed by atoms with Crippen molar-refractivity contribution in [3.05, 3.63) is 23.8 Å². The molecule has 0 saturated carbocycles. The highest BCUT2D eigenvalue weighted by atomic mass is 28.4. The average Bonchev–Trinajstić information content (AvgIpc) is 2.62. The third-order valence-electron chi connectivity index (χ3n) is 4.95. The number of nitrogens with one attached hydrogen (secondary N) is 1. The fraction of sp³-hybridized carbons (Fsp3) is 0.667. The highest BCUT2D eigenvalue weighted by Crippen LogP contribution is 2.25. The SMILES string of the molecule is CCCC(=O)Nc1ccc(OCC(CN(C(C)C)[Si](C)(C)C)O[Si](C)(C)C)c(C(C)=O)c1. The number of anilines is 1. The van der Waals surface area contributed by atoms with E-state index in [0.717, 1.165) is 13.0 Å². The Morgan fingerprint density at radius 3 is 2.19 bits per heavy atom. The van der Waals surface area contributed by atoms with Crippen LogP contribution in [0.3, 0.4) is 0 Å². The van der Waals surface area contributed by atoms with Crippen LogP contribution in [0.4, 0.5) is 5.69 Å². The molecule has 1 amide bonds. The number of amides is 1. The van der Waals surface area contributed by atoms with Gasteiger partial charge in [0.1, 0.15) is 20.6 Å². The van der Waals surface area contributed by atoms with E-state index in [4.69, 9.17) is 9.16 Å². The van der Waals surface area contributed by atoms with Gasteiger partial charge >= 0.3 is 0 Å². The van der Waals surface area contributed by atoms with Crippen molar-refractivity contribution in [1.29, 1.82) is 0 Å². The van der Waals surface area contributed by atoms with Crippen LogP contribution in [0.15, 0.2) is 18.2 Å². The van der Waals surface area contributed by atoms with Crippen LogP contribution in [-0.2, 0) is 9.22 Å². The van der Waals surface area contributed by atoms with Gasteiger partial charge in [-0.1, -0.05) is 40.4 Å². The van der Waals surface area contributed by atoms with Crippen molar-refractivity contribution in [3.63, 3.8) is 0 Å². The molecule has 1 unspecified atom stereocenters. The van der Waals surface area contributed by atoms with E-state index in [2.05, 4.69) is 63.0 Å². The first-order valence-corrected chi connectivity index (χ1v) is 18.5. The molecule has 0 aliphatic heterocycles. The van der Waals surface area contributed by atoms with Gasteiger partial charge in [-0.05, 0) is 57.2 Å². The number of nitrogens with zero attached hydrogens (tertiary/aromatic N) is 1. The topological polar surface area (TPSA) is 67.9 Å². The molecule has 1 N–H and O–H groups in total. The quantitative estimate of drug-likeness (QED) is 0.287. The maximum absolute atomic E-state index is 12.3.